The molecule has 0 radical (unpaired) electrons. The van der Waals surface area contributed by atoms with E-state index >= 15 is 0 Å². The van der Waals surface area contributed by atoms with E-state index in [0.717, 1.165) is 30.1 Å². The van der Waals surface area contributed by atoms with Crippen molar-refractivity contribution in [3.8, 4) is 0 Å². The van der Waals surface area contributed by atoms with Crippen LogP contribution in [0.25, 0.3) is 0 Å². The molecular formula is C13H15Cl2N3. The van der Waals surface area contributed by atoms with Crippen molar-refractivity contribution in [3.05, 3.63) is 51.8 Å². The second-order valence-corrected chi connectivity index (χ2v) is 5.03. The van der Waals surface area contributed by atoms with Gasteiger partial charge in [-0.25, -0.2) is 0 Å². The molecule has 1 N–H and O–H groups in total. The molecule has 1 aromatic carbocycles. The molecule has 18 heavy (non-hydrogen) atoms. The lowest BCUT2D eigenvalue weighted by atomic mass is 10.2. The molecule has 1 heterocycles. The molecule has 0 aliphatic heterocycles. The second-order valence-electron chi connectivity index (χ2n) is 4.18. The number of benzene rings is 1. The van der Waals surface area contributed by atoms with Crippen LogP contribution >= 0.6 is 23.2 Å². The zero-order chi connectivity index (χ0) is 13.0. The molecule has 0 atom stereocenters. The predicted molar refractivity (Wildman–Crippen MR) is 75.1 cm³/mol. The van der Waals surface area contributed by atoms with Crippen molar-refractivity contribution in [2.75, 3.05) is 6.54 Å². The largest absolute Gasteiger partial charge is 0.312 e. The summed E-state index contributed by atoms with van der Waals surface area (Å²) in [7, 11) is 1.92. The zero-order valence-corrected chi connectivity index (χ0v) is 11.7. The predicted octanol–water partition coefficient (Wildman–Crippen LogP) is 3.06. The van der Waals surface area contributed by atoms with Crippen molar-refractivity contribution >= 4 is 23.2 Å². The van der Waals surface area contributed by atoms with E-state index in [-0.39, 0.29) is 0 Å². The van der Waals surface area contributed by atoms with Crippen molar-refractivity contribution < 1.29 is 0 Å². The monoisotopic (exact) mass is 283 g/mol. The summed E-state index contributed by atoms with van der Waals surface area (Å²) >= 11 is 12.0. The Kier molecular flexibility index (Phi) is 4.64. The summed E-state index contributed by atoms with van der Waals surface area (Å²) in [6, 6.07) is 5.51. The normalized spacial score (nSPS) is 10.8. The molecule has 0 amide bonds. The average molecular weight is 284 g/mol. The average Bonchev–Trinajstić information content (AvgIpc) is 2.75. The van der Waals surface area contributed by atoms with Gasteiger partial charge in [0.1, 0.15) is 0 Å². The number of hydrogen-bond acceptors (Lipinski definition) is 2. The zero-order valence-electron chi connectivity index (χ0n) is 10.2. The van der Waals surface area contributed by atoms with Crippen molar-refractivity contribution in [3.63, 3.8) is 0 Å². The van der Waals surface area contributed by atoms with Gasteiger partial charge < -0.3 is 5.32 Å². The molecule has 0 bridgehead atoms. The highest BCUT2D eigenvalue weighted by Gasteiger charge is 2.01. The highest BCUT2D eigenvalue weighted by Crippen LogP contribution is 2.20. The quantitative estimate of drug-likeness (QED) is 0.855. The Hall–Kier alpha value is -1.03. The number of aromatic nitrogens is 2. The van der Waals surface area contributed by atoms with Crippen LogP contribution in [0.4, 0.5) is 0 Å². The number of aryl methyl sites for hydroxylation is 1. The van der Waals surface area contributed by atoms with E-state index in [1.807, 2.05) is 36.3 Å². The third-order valence-corrected chi connectivity index (χ3v) is 3.28. The molecule has 2 rings (SSSR count). The Bertz CT molecular complexity index is 523. The van der Waals surface area contributed by atoms with E-state index in [2.05, 4.69) is 10.4 Å². The molecule has 0 saturated heterocycles. The van der Waals surface area contributed by atoms with Crippen LogP contribution in [0.2, 0.25) is 10.0 Å². The van der Waals surface area contributed by atoms with E-state index in [1.54, 1.807) is 6.07 Å². The number of halogens is 2. The maximum Gasteiger partial charge on any atom is 0.0522 e. The van der Waals surface area contributed by atoms with Crippen LogP contribution in [0.3, 0.4) is 0 Å². The first-order valence-corrected chi connectivity index (χ1v) is 6.53. The Labute approximate surface area is 117 Å². The van der Waals surface area contributed by atoms with Crippen LogP contribution in [0.15, 0.2) is 30.6 Å². The van der Waals surface area contributed by atoms with Crippen molar-refractivity contribution in [2.24, 2.45) is 7.05 Å². The fraction of sp³-hybridized carbons (Fsp3) is 0.308. The molecule has 0 spiro atoms. The molecule has 0 aliphatic carbocycles. The summed E-state index contributed by atoms with van der Waals surface area (Å²) in [5.74, 6) is 0. The molecule has 0 unspecified atom stereocenters. The van der Waals surface area contributed by atoms with Crippen LogP contribution in [-0.4, -0.2) is 16.3 Å². The topological polar surface area (TPSA) is 29.9 Å². The van der Waals surface area contributed by atoms with E-state index in [1.165, 1.54) is 5.56 Å². The summed E-state index contributed by atoms with van der Waals surface area (Å²) < 4.78 is 1.81. The van der Waals surface area contributed by atoms with Crippen molar-refractivity contribution in [1.29, 1.82) is 0 Å². The van der Waals surface area contributed by atoms with Gasteiger partial charge in [-0.1, -0.05) is 23.2 Å². The smallest absolute Gasteiger partial charge is 0.0522 e. The maximum atomic E-state index is 6.08. The third-order valence-electron chi connectivity index (χ3n) is 2.67. The highest BCUT2D eigenvalue weighted by molar-refractivity contribution is 6.33. The molecule has 1 aromatic heterocycles. The van der Waals surface area contributed by atoms with Gasteiger partial charge in [0.15, 0.2) is 0 Å². The second kappa shape index (κ2) is 6.23. The van der Waals surface area contributed by atoms with Gasteiger partial charge in [0.2, 0.25) is 0 Å². The van der Waals surface area contributed by atoms with Crippen LogP contribution < -0.4 is 5.32 Å². The van der Waals surface area contributed by atoms with E-state index in [4.69, 9.17) is 23.2 Å². The molecule has 3 nitrogen and oxygen atoms in total. The first-order valence-electron chi connectivity index (χ1n) is 5.77. The van der Waals surface area contributed by atoms with E-state index in [9.17, 15) is 0 Å². The summed E-state index contributed by atoms with van der Waals surface area (Å²) in [6.07, 6.45) is 4.86. The van der Waals surface area contributed by atoms with Gasteiger partial charge in [0.05, 0.1) is 6.20 Å². The lowest BCUT2D eigenvalue weighted by molar-refractivity contribution is 0.686. The molecular weight excluding hydrogens is 269 g/mol. The first kappa shape index (κ1) is 13.4. The highest BCUT2D eigenvalue weighted by atomic mass is 35.5. The Morgan fingerprint density at radius 1 is 1.33 bits per heavy atom. The minimum Gasteiger partial charge on any atom is -0.312 e. The Balaban J connectivity index is 1.80. The summed E-state index contributed by atoms with van der Waals surface area (Å²) in [5, 5.41) is 8.93. The fourth-order valence-corrected chi connectivity index (χ4v) is 2.11. The first-order chi connectivity index (χ1) is 8.65. The van der Waals surface area contributed by atoms with Crippen LogP contribution in [0.5, 0.6) is 0 Å². The molecule has 0 fully saturated rings. The number of hydrogen-bond donors (Lipinski definition) is 1. The van der Waals surface area contributed by atoms with Crippen LogP contribution in [-0.2, 0) is 20.0 Å². The third kappa shape index (κ3) is 3.73. The lowest BCUT2D eigenvalue weighted by Gasteiger charge is -2.06. The number of nitrogens with one attached hydrogen (secondary N) is 1. The van der Waals surface area contributed by atoms with Gasteiger partial charge in [-0.2, -0.15) is 5.10 Å². The van der Waals surface area contributed by atoms with E-state index < -0.39 is 0 Å². The van der Waals surface area contributed by atoms with E-state index in [0.29, 0.717) is 5.02 Å². The minimum absolute atomic E-state index is 0.712. The summed E-state index contributed by atoms with van der Waals surface area (Å²) in [5.41, 5.74) is 2.25. The number of nitrogens with zero attached hydrogens (tertiary/aromatic N) is 2. The lowest BCUT2D eigenvalue weighted by Crippen LogP contribution is -2.16. The van der Waals surface area contributed by atoms with Crippen LogP contribution in [0.1, 0.15) is 11.1 Å². The Morgan fingerprint density at radius 3 is 2.89 bits per heavy atom. The van der Waals surface area contributed by atoms with Crippen molar-refractivity contribution in [2.45, 2.75) is 13.0 Å². The molecule has 0 aliphatic rings. The minimum atomic E-state index is 0.712. The molecule has 2 aromatic rings. The molecule has 0 saturated carbocycles. The maximum absolute atomic E-state index is 6.08. The SMILES string of the molecule is Cn1cc(CCNCc2cc(Cl)ccc2Cl)cn1. The Morgan fingerprint density at radius 2 is 2.17 bits per heavy atom. The molecule has 96 valence electrons. The van der Waals surface area contributed by atoms with Crippen LogP contribution in [0, 0.1) is 0 Å². The van der Waals surface area contributed by atoms with Gasteiger partial charge in [-0.05, 0) is 42.3 Å². The van der Waals surface area contributed by atoms with Gasteiger partial charge in [0.25, 0.3) is 0 Å². The van der Waals surface area contributed by atoms with Gasteiger partial charge >= 0.3 is 0 Å². The van der Waals surface area contributed by atoms with Gasteiger partial charge in [0, 0.05) is 29.8 Å². The molecule has 5 heteroatoms. The van der Waals surface area contributed by atoms with Gasteiger partial charge in [-0.3, -0.25) is 4.68 Å². The van der Waals surface area contributed by atoms with Crippen molar-refractivity contribution in [1.82, 2.24) is 15.1 Å². The standard InChI is InChI=1S/C13H15Cl2N3/c1-18-9-10(7-17-18)4-5-16-8-11-6-12(14)2-3-13(11)15/h2-3,6-7,9,16H,4-5,8H2,1H3. The summed E-state index contributed by atoms with van der Waals surface area (Å²) in [6.45, 7) is 1.61. The number of rotatable bonds is 5. The van der Waals surface area contributed by atoms with Gasteiger partial charge in [-0.15, -0.1) is 0 Å². The summed E-state index contributed by atoms with van der Waals surface area (Å²) in [4.78, 5) is 0. The fourth-order valence-electron chi connectivity index (χ4n) is 1.74.